The first-order chi connectivity index (χ1) is 8.25. The van der Waals surface area contributed by atoms with Crippen LogP contribution in [0.2, 0.25) is 0 Å². The SMILES string of the molecule is O=C(Cn1cnccc1=O)Nc1ccccn1. The number of anilines is 1. The van der Waals surface area contributed by atoms with Crippen LogP contribution in [0.3, 0.4) is 0 Å². The Morgan fingerprint density at radius 2 is 2.18 bits per heavy atom. The van der Waals surface area contributed by atoms with E-state index in [4.69, 9.17) is 0 Å². The monoisotopic (exact) mass is 230 g/mol. The minimum Gasteiger partial charge on any atom is -0.309 e. The van der Waals surface area contributed by atoms with Crippen molar-refractivity contribution < 1.29 is 4.79 Å². The molecule has 0 aromatic carbocycles. The Balaban J connectivity index is 2.04. The minimum absolute atomic E-state index is 0.0801. The van der Waals surface area contributed by atoms with Crippen LogP contribution in [-0.4, -0.2) is 20.4 Å². The number of amides is 1. The van der Waals surface area contributed by atoms with E-state index in [1.165, 1.54) is 23.2 Å². The Bertz CT molecular complexity index is 565. The predicted molar refractivity (Wildman–Crippen MR) is 61.4 cm³/mol. The first kappa shape index (κ1) is 11.0. The van der Waals surface area contributed by atoms with Gasteiger partial charge in [-0.2, -0.15) is 0 Å². The van der Waals surface area contributed by atoms with Gasteiger partial charge in [0.1, 0.15) is 12.4 Å². The Morgan fingerprint density at radius 1 is 1.29 bits per heavy atom. The highest BCUT2D eigenvalue weighted by molar-refractivity contribution is 5.89. The molecule has 0 aliphatic heterocycles. The van der Waals surface area contributed by atoms with Gasteiger partial charge in [0.05, 0.1) is 6.33 Å². The van der Waals surface area contributed by atoms with E-state index in [2.05, 4.69) is 15.3 Å². The minimum atomic E-state index is -0.321. The lowest BCUT2D eigenvalue weighted by atomic mass is 10.4. The van der Waals surface area contributed by atoms with E-state index in [9.17, 15) is 9.59 Å². The number of aromatic nitrogens is 3. The van der Waals surface area contributed by atoms with Crippen LogP contribution >= 0.6 is 0 Å². The lowest BCUT2D eigenvalue weighted by Gasteiger charge is -2.05. The Morgan fingerprint density at radius 3 is 2.88 bits per heavy atom. The Labute approximate surface area is 97.0 Å². The van der Waals surface area contributed by atoms with E-state index in [1.807, 2.05) is 0 Å². The van der Waals surface area contributed by atoms with Crippen molar-refractivity contribution in [2.24, 2.45) is 0 Å². The van der Waals surface area contributed by atoms with E-state index < -0.39 is 0 Å². The summed E-state index contributed by atoms with van der Waals surface area (Å²) >= 11 is 0. The first-order valence-corrected chi connectivity index (χ1v) is 4.97. The zero-order valence-electron chi connectivity index (χ0n) is 8.91. The van der Waals surface area contributed by atoms with Crippen LogP contribution in [0.25, 0.3) is 0 Å². The summed E-state index contributed by atoms with van der Waals surface area (Å²) in [5.74, 6) is 0.133. The highest BCUT2D eigenvalue weighted by Gasteiger charge is 2.04. The molecule has 0 atom stereocenters. The summed E-state index contributed by atoms with van der Waals surface area (Å²) in [6.45, 7) is -0.0801. The predicted octanol–water partition coefficient (Wildman–Crippen LogP) is 0.277. The van der Waals surface area contributed by atoms with Gasteiger partial charge in [-0.1, -0.05) is 6.07 Å². The molecule has 2 aromatic heterocycles. The molecule has 6 heteroatoms. The summed E-state index contributed by atoms with van der Waals surface area (Å²) in [7, 11) is 0. The molecular weight excluding hydrogens is 220 g/mol. The highest BCUT2D eigenvalue weighted by Crippen LogP contribution is 1.99. The van der Waals surface area contributed by atoms with Gasteiger partial charge >= 0.3 is 0 Å². The summed E-state index contributed by atoms with van der Waals surface area (Å²) < 4.78 is 1.22. The molecule has 0 bridgehead atoms. The number of nitrogens with one attached hydrogen (secondary N) is 1. The molecule has 0 fully saturated rings. The average molecular weight is 230 g/mol. The van der Waals surface area contributed by atoms with Gasteiger partial charge in [0, 0.05) is 18.5 Å². The topological polar surface area (TPSA) is 76.9 Å². The van der Waals surface area contributed by atoms with Gasteiger partial charge in [0.25, 0.3) is 5.56 Å². The van der Waals surface area contributed by atoms with Crippen molar-refractivity contribution in [1.82, 2.24) is 14.5 Å². The second-order valence-corrected chi connectivity index (χ2v) is 3.31. The van der Waals surface area contributed by atoms with Gasteiger partial charge in [-0.15, -0.1) is 0 Å². The number of rotatable bonds is 3. The molecule has 0 aliphatic rings. The van der Waals surface area contributed by atoms with Crippen molar-refractivity contribution in [2.75, 3.05) is 5.32 Å². The lowest BCUT2D eigenvalue weighted by molar-refractivity contribution is -0.116. The molecule has 86 valence electrons. The fourth-order valence-corrected chi connectivity index (χ4v) is 1.27. The van der Waals surface area contributed by atoms with Gasteiger partial charge in [-0.25, -0.2) is 9.97 Å². The number of nitrogens with zero attached hydrogens (tertiary/aromatic N) is 3. The van der Waals surface area contributed by atoms with E-state index in [0.29, 0.717) is 5.82 Å². The molecule has 0 unspecified atom stereocenters. The second-order valence-electron chi connectivity index (χ2n) is 3.31. The van der Waals surface area contributed by atoms with Crippen LogP contribution in [-0.2, 0) is 11.3 Å². The van der Waals surface area contributed by atoms with Crippen molar-refractivity contribution in [2.45, 2.75) is 6.54 Å². The zero-order chi connectivity index (χ0) is 12.1. The highest BCUT2D eigenvalue weighted by atomic mass is 16.2. The fourth-order valence-electron chi connectivity index (χ4n) is 1.27. The first-order valence-electron chi connectivity index (χ1n) is 4.97. The van der Waals surface area contributed by atoms with Crippen LogP contribution in [0, 0.1) is 0 Å². The normalized spacial score (nSPS) is 9.88. The van der Waals surface area contributed by atoms with Gasteiger partial charge in [-0.05, 0) is 12.1 Å². The maximum absolute atomic E-state index is 11.6. The maximum Gasteiger partial charge on any atom is 0.253 e. The third kappa shape index (κ3) is 2.97. The third-order valence-corrected chi connectivity index (χ3v) is 2.04. The van der Waals surface area contributed by atoms with Gasteiger partial charge in [-0.3, -0.25) is 14.2 Å². The Kier molecular flexibility index (Phi) is 3.25. The van der Waals surface area contributed by atoms with Crippen LogP contribution < -0.4 is 10.9 Å². The number of carbonyl (C=O) groups is 1. The zero-order valence-corrected chi connectivity index (χ0v) is 8.91. The smallest absolute Gasteiger partial charge is 0.253 e. The van der Waals surface area contributed by atoms with E-state index in [0.717, 1.165) is 0 Å². The van der Waals surface area contributed by atoms with Crippen molar-refractivity contribution in [3.8, 4) is 0 Å². The standard InChI is InChI=1S/C11H10N4O2/c16-10(14-9-3-1-2-5-13-9)7-15-8-12-6-4-11(15)17/h1-6,8H,7H2,(H,13,14,16). The van der Waals surface area contributed by atoms with Crippen LogP contribution in [0.1, 0.15) is 0 Å². The van der Waals surface area contributed by atoms with E-state index in [1.54, 1.807) is 24.4 Å². The largest absolute Gasteiger partial charge is 0.309 e. The third-order valence-electron chi connectivity index (χ3n) is 2.04. The molecular formula is C11H10N4O2. The number of carbonyl (C=O) groups excluding carboxylic acids is 1. The number of hydrogen-bond donors (Lipinski definition) is 1. The summed E-state index contributed by atoms with van der Waals surface area (Å²) in [4.78, 5) is 30.7. The molecule has 1 amide bonds. The molecule has 2 aromatic rings. The second kappa shape index (κ2) is 5.02. The van der Waals surface area contributed by atoms with Crippen molar-refractivity contribution >= 4 is 11.7 Å². The van der Waals surface area contributed by atoms with Crippen LogP contribution in [0.5, 0.6) is 0 Å². The summed E-state index contributed by atoms with van der Waals surface area (Å²) in [6.07, 6.45) is 4.28. The molecule has 6 nitrogen and oxygen atoms in total. The maximum atomic E-state index is 11.6. The molecule has 0 spiro atoms. The molecule has 1 N–H and O–H groups in total. The molecule has 2 heterocycles. The van der Waals surface area contributed by atoms with Gasteiger partial charge in [0.15, 0.2) is 0 Å². The molecule has 0 radical (unpaired) electrons. The number of pyridine rings is 1. The summed E-state index contributed by atoms with van der Waals surface area (Å²) in [6, 6.07) is 6.48. The fraction of sp³-hybridized carbons (Fsp3) is 0.0909. The lowest BCUT2D eigenvalue weighted by Crippen LogP contribution is -2.27. The molecule has 2 rings (SSSR count). The van der Waals surface area contributed by atoms with E-state index >= 15 is 0 Å². The van der Waals surface area contributed by atoms with Crippen LogP contribution in [0.15, 0.2) is 47.8 Å². The van der Waals surface area contributed by atoms with Crippen LogP contribution in [0.4, 0.5) is 5.82 Å². The number of hydrogen-bond acceptors (Lipinski definition) is 4. The summed E-state index contributed by atoms with van der Waals surface area (Å²) in [5, 5.41) is 2.58. The van der Waals surface area contributed by atoms with Crippen molar-refractivity contribution in [3.05, 3.63) is 53.3 Å². The van der Waals surface area contributed by atoms with Gasteiger partial charge < -0.3 is 5.32 Å². The van der Waals surface area contributed by atoms with Crippen molar-refractivity contribution in [1.29, 1.82) is 0 Å². The molecule has 0 saturated carbocycles. The quantitative estimate of drug-likeness (QED) is 0.821. The molecule has 0 aliphatic carbocycles. The Hall–Kier alpha value is -2.50. The van der Waals surface area contributed by atoms with Gasteiger partial charge in [0.2, 0.25) is 5.91 Å². The summed E-state index contributed by atoms with van der Waals surface area (Å²) in [5.41, 5.74) is -0.267. The molecule has 17 heavy (non-hydrogen) atoms. The van der Waals surface area contributed by atoms with E-state index in [-0.39, 0.29) is 18.0 Å². The van der Waals surface area contributed by atoms with Crippen molar-refractivity contribution in [3.63, 3.8) is 0 Å². The average Bonchev–Trinajstić information content (AvgIpc) is 2.33. The molecule has 0 saturated heterocycles.